The lowest BCUT2D eigenvalue weighted by Crippen LogP contribution is -2.43. The first-order valence-electron chi connectivity index (χ1n) is 10.2. The Kier molecular flexibility index (Phi) is 6.71. The summed E-state index contributed by atoms with van der Waals surface area (Å²) in [5, 5.41) is 10.3. The second-order valence-corrected chi connectivity index (χ2v) is 7.94. The lowest BCUT2D eigenvalue weighted by atomic mass is 10.1. The third-order valence-corrected chi connectivity index (χ3v) is 5.52. The first-order chi connectivity index (χ1) is 15.1. The maximum absolute atomic E-state index is 13.1. The fourth-order valence-corrected chi connectivity index (χ4v) is 3.72. The van der Waals surface area contributed by atoms with Crippen LogP contribution in [0.1, 0.15) is 47.2 Å². The molecule has 0 spiro atoms. The zero-order valence-electron chi connectivity index (χ0n) is 18.2. The van der Waals surface area contributed by atoms with Crippen LogP contribution in [-0.4, -0.2) is 62.7 Å². The maximum Gasteiger partial charge on any atom is 0.312 e. The monoisotopic (exact) mass is 444 g/mol. The zero-order valence-corrected chi connectivity index (χ0v) is 18.2. The largest absolute Gasteiger partial charge is 0.501 e. The van der Waals surface area contributed by atoms with Gasteiger partial charge in [0.15, 0.2) is 11.5 Å². The van der Waals surface area contributed by atoms with Crippen LogP contribution in [0.2, 0.25) is 0 Å². The highest BCUT2D eigenvalue weighted by molar-refractivity contribution is 6.34. The zero-order chi connectivity index (χ0) is 23.6. The first-order valence-corrected chi connectivity index (χ1v) is 10.2. The molecule has 2 heterocycles. The Morgan fingerprint density at radius 2 is 1.88 bits per heavy atom. The van der Waals surface area contributed by atoms with Gasteiger partial charge in [-0.1, -0.05) is 12.1 Å². The number of ketones is 1. The molecule has 1 aromatic carbocycles. The normalized spacial score (nSPS) is 15.6. The molecule has 9 nitrogen and oxygen atoms in total. The number of nitrogens with zero attached hydrogens (tertiary/aromatic N) is 4. The molecule has 1 saturated heterocycles. The molecule has 0 radical (unpaired) electrons. The number of rotatable bonds is 5. The standard InChI is InChI=1S/C22H25FN4O5/c1-25(2)21(31)22(32)27-12-4-5-15(27)19-24-17(18(29)20(30)26(19)3)16(28)11-8-13-6-9-14(23)10-7-13/h6-7,9-10,15,29H,4-5,8,11-12H2,1-3H3. The minimum absolute atomic E-state index is 0.0504. The average molecular weight is 444 g/mol. The van der Waals surface area contributed by atoms with Gasteiger partial charge in [0.2, 0.25) is 5.75 Å². The van der Waals surface area contributed by atoms with Crippen LogP contribution < -0.4 is 5.56 Å². The van der Waals surface area contributed by atoms with Crippen LogP contribution in [0.4, 0.5) is 4.39 Å². The number of carbonyl (C=O) groups is 3. The van der Waals surface area contributed by atoms with Gasteiger partial charge < -0.3 is 14.9 Å². The Bertz CT molecular complexity index is 1110. The van der Waals surface area contributed by atoms with Crippen molar-refractivity contribution >= 4 is 17.6 Å². The topological polar surface area (TPSA) is 113 Å². The summed E-state index contributed by atoms with van der Waals surface area (Å²) in [4.78, 5) is 56.9. The molecule has 0 bridgehead atoms. The van der Waals surface area contributed by atoms with Crippen LogP contribution in [0.5, 0.6) is 5.75 Å². The molecule has 0 saturated carbocycles. The lowest BCUT2D eigenvalue weighted by Gasteiger charge is -2.26. The summed E-state index contributed by atoms with van der Waals surface area (Å²) in [5.41, 5.74) is -0.458. The lowest BCUT2D eigenvalue weighted by molar-refractivity contribution is -0.151. The van der Waals surface area contributed by atoms with E-state index in [1.807, 2.05) is 0 Å². The van der Waals surface area contributed by atoms with Gasteiger partial charge in [0.1, 0.15) is 11.6 Å². The van der Waals surface area contributed by atoms with Gasteiger partial charge in [-0.25, -0.2) is 9.37 Å². The van der Waals surface area contributed by atoms with Crippen molar-refractivity contribution in [1.29, 1.82) is 0 Å². The Hall–Kier alpha value is -3.56. The molecule has 1 aliphatic heterocycles. The highest BCUT2D eigenvalue weighted by atomic mass is 19.1. The van der Waals surface area contributed by atoms with Crippen molar-refractivity contribution in [2.45, 2.75) is 31.7 Å². The highest BCUT2D eigenvalue weighted by Gasteiger charge is 2.37. The molecular weight excluding hydrogens is 419 g/mol. The molecular formula is C22H25FN4O5. The van der Waals surface area contributed by atoms with E-state index < -0.39 is 34.9 Å². The van der Waals surface area contributed by atoms with Crippen molar-refractivity contribution in [2.24, 2.45) is 7.05 Å². The average Bonchev–Trinajstić information content (AvgIpc) is 3.25. The Labute approximate surface area is 184 Å². The van der Waals surface area contributed by atoms with Gasteiger partial charge in [-0.2, -0.15) is 0 Å². The third kappa shape index (κ3) is 4.53. The first kappa shape index (κ1) is 23.1. The number of likely N-dealkylation sites (N-methyl/N-ethyl adjacent to an activating group) is 1. The van der Waals surface area contributed by atoms with Crippen LogP contribution in [0.15, 0.2) is 29.1 Å². The number of halogens is 1. The van der Waals surface area contributed by atoms with Crippen molar-refractivity contribution in [2.75, 3.05) is 20.6 Å². The van der Waals surface area contributed by atoms with Crippen LogP contribution in [-0.2, 0) is 23.1 Å². The molecule has 170 valence electrons. The molecule has 10 heteroatoms. The SMILES string of the molecule is CN(C)C(=O)C(=O)N1CCCC1c1nc(C(=O)CCc2ccc(F)cc2)c(O)c(=O)n1C. The number of hydrogen-bond acceptors (Lipinski definition) is 6. The van der Waals surface area contributed by atoms with Gasteiger partial charge >= 0.3 is 11.8 Å². The van der Waals surface area contributed by atoms with Gasteiger partial charge in [-0.05, 0) is 37.0 Å². The van der Waals surface area contributed by atoms with E-state index >= 15 is 0 Å². The summed E-state index contributed by atoms with van der Waals surface area (Å²) in [7, 11) is 4.33. The highest BCUT2D eigenvalue weighted by Crippen LogP contribution is 2.31. The summed E-state index contributed by atoms with van der Waals surface area (Å²) < 4.78 is 14.2. The summed E-state index contributed by atoms with van der Waals surface area (Å²) in [6.45, 7) is 0.313. The number of Topliss-reactive ketones (excluding diaryl/α,β-unsaturated/α-hetero) is 1. The number of likely N-dealkylation sites (tertiary alicyclic amines) is 1. The van der Waals surface area contributed by atoms with E-state index in [0.717, 1.165) is 10.1 Å². The quantitative estimate of drug-likeness (QED) is 0.548. The Morgan fingerprint density at radius 3 is 2.50 bits per heavy atom. The van der Waals surface area contributed by atoms with Crippen molar-refractivity contribution in [3.63, 3.8) is 0 Å². The van der Waals surface area contributed by atoms with Gasteiger partial charge in [0.05, 0.1) is 6.04 Å². The minimum Gasteiger partial charge on any atom is -0.501 e. The molecule has 3 rings (SSSR count). The summed E-state index contributed by atoms with van der Waals surface area (Å²) in [5.74, 6) is -2.98. The summed E-state index contributed by atoms with van der Waals surface area (Å²) >= 11 is 0. The number of benzene rings is 1. The van der Waals surface area contributed by atoms with Crippen molar-refractivity contribution in [3.05, 3.63) is 57.5 Å². The molecule has 0 aliphatic carbocycles. The molecule has 1 unspecified atom stereocenters. The van der Waals surface area contributed by atoms with E-state index in [2.05, 4.69) is 4.98 Å². The Balaban J connectivity index is 1.90. The molecule has 1 atom stereocenters. The second-order valence-electron chi connectivity index (χ2n) is 7.94. The van der Waals surface area contributed by atoms with Gasteiger partial charge in [0.25, 0.3) is 5.56 Å². The van der Waals surface area contributed by atoms with Gasteiger partial charge in [-0.15, -0.1) is 0 Å². The minimum atomic E-state index is -0.807. The summed E-state index contributed by atoms with van der Waals surface area (Å²) in [6, 6.07) is 5.00. The molecule has 32 heavy (non-hydrogen) atoms. The van der Waals surface area contributed by atoms with E-state index in [-0.39, 0.29) is 30.2 Å². The second kappa shape index (κ2) is 9.29. The van der Waals surface area contributed by atoms with E-state index in [0.29, 0.717) is 19.4 Å². The number of aromatic nitrogens is 2. The Morgan fingerprint density at radius 1 is 1.22 bits per heavy atom. The fraction of sp³-hybridized carbons (Fsp3) is 0.409. The van der Waals surface area contributed by atoms with Gasteiger partial charge in [-0.3, -0.25) is 23.7 Å². The number of hydrogen-bond donors (Lipinski definition) is 1. The fourth-order valence-electron chi connectivity index (χ4n) is 3.72. The molecule has 2 amide bonds. The van der Waals surface area contributed by atoms with E-state index in [4.69, 9.17) is 0 Å². The van der Waals surface area contributed by atoms with Crippen molar-refractivity contribution in [3.8, 4) is 5.75 Å². The molecule has 1 aliphatic rings. The number of aryl methyl sites for hydroxylation is 1. The van der Waals surface area contributed by atoms with Gasteiger partial charge in [0, 0.05) is 34.1 Å². The van der Waals surface area contributed by atoms with Crippen LogP contribution >= 0.6 is 0 Å². The van der Waals surface area contributed by atoms with E-state index in [9.17, 15) is 28.7 Å². The smallest absolute Gasteiger partial charge is 0.312 e. The third-order valence-electron chi connectivity index (χ3n) is 5.52. The number of aromatic hydroxyl groups is 1. The van der Waals surface area contributed by atoms with Crippen molar-refractivity contribution in [1.82, 2.24) is 19.4 Å². The van der Waals surface area contributed by atoms with Crippen LogP contribution in [0.25, 0.3) is 0 Å². The number of carbonyl (C=O) groups excluding carboxylic acids is 3. The van der Waals surface area contributed by atoms with E-state index in [1.165, 1.54) is 43.1 Å². The molecule has 2 aromatic rings. The number of amides is 2. The summed E-state index contributed by atoms with van der Waals surface area (Å²) in [6.07, 6.45) is 1.28. The predicted octanol–water partition coefficient (Wildman–Crippen LogP) is 1.19. The molecule has 1 N–H and O–H groups in total. The van der Waals surface area contributed by atoms with E-state index in [1.54, 1.807) is 12.1 Å². The van der Waals surface area contributed by atoms with Crippen LogP contribution in [0, 0.1) is 5.82 Å². The predicted molar refractivity (Wildman–Crippen MR) is 113 cm³/mol. The molecule has 1 aromatic heterocycles. The van der Waals surface area contributed by atoms with Crippen molar-refractivity contribution < 1.29 is 23.9 Å². The molecule has 1 fully saturated rings. The maximum atomic E-state index is 13.1. The van der Waals surface area contributed by atoms with Crippen LogP contribution in [0.3, 0.4) is 0 Å².